The van der Waals surface area contributed by atoms with Crippen LogP contribution in [0.2, 0.25) is 0 Å². The molecule has 0 amide bonds. The van der Waals surface area contributed by atoms with Crippen molar-refractivity contribution in [2.24, 2.45) is 0 Å². The van der Waals surface area contributed by atoms with Gasteiger partial charge in [-0.3, -0.25) is 4.98 Å². The maximum absolute atomic E-state index is 4.42. The molecule has 0 aliphatic heterocycles. The Morgan fingerprint density at radius 3 is 2.71 bits per heavy atom. The molecule has 0 fully saturated rings. The highest BCUT2D eigenvalue weighted by molar-refractivity contribution is 5.45. The molecule has 0 spiro atoms. The molecule has 0 atom stereocenters. The van der Waals surface area contributed by atoms with Gasteiger partial charge in [0.05, 0.1) is 5.69 Å². The smallest absolute Gasteiger partial charge is 0.0562 e. The van der Waals surface area contributed by atoms with Gasteiger partial charge in [0.2, 0.25) is 0 Å². The minimum Gasteiger partial charge on any atom is -0.374 e. The van der Waals surface area contributed by atoms with Gasteiger partial charge in [0.1, 0.15) is 0 Å². The average molecular weight is 283 g/mol. The van der Waals surface area contributed by atoms with E-state index in [1.165, 1.54) is 11.3 Å². The third-order valence-electron chi connectivity index (χ3n) is 3.55. The van der Waals surface area contributed by atoms with Crippen molar-refractivity contribution >= 4 is 5.69 Å². The molecular formula is C18H25N3. The molecule has 0 aliphatic carbocycles. The zero-order valence-corrected chi connectivity index (χ0v) is 13.0. The summed E-state index contributed by atoms with van der Waals surface area (Å²) in [4.78, 5) is 6.71. The van der Waals surface area contributed by atoms with E-state index in [0.717, 1.165) is 38.2 Å². The highest BCUT2D eigenvalue weighted by Gasteiger charge is 2.03. The number of likely N-dealkylation sites (N-methyl/N-ethyl adjacent to an activating group) is 1. The van der Waals surface area contributed by atoms with Crippen molar-refractivity contribution in [3.05, 3.63) is 59.9 Å². The van der Waals surface area contributed by atoms with E-state index in [4.69, 9.17) is 0 Å². The number of hydrogen-bond donors (Lipinski definition) is 1. The van der Waals surface area contributed by atoms with Crippen LogP contribution >= 0.6 is 0 Å². The Morgan fingerprint density at radius 1 is 1.14 bits per heavy atom. The minimum absolute atomic E-state index is 0.841. The van der Waals surface area contributed by atoms with Gasteiger partial charge in [0, 0.05) is 32.0 Å². The van der Waals surface area contributed by atoms with Gasteiger partial charge in [-0.25, -0.2) is 0 Å². The number of aromatic nitrogens is 1. The molecule has 112 valence electrons. The third kappa shape index (κ3) is 5.20. The number of hydrogen-bond acceptors (Lipinski definition) is 3. The molecule has 3 nitrogen and oxygen atoms in total. The predicted molar refractivity (Wildman–Crippen MR) is 89.7 cm³/mol. The first-order chi connectivity index (χ1) is 10.3. The number of nitrogens with zero attached hydrogens (tertiary/aromatic N) is 2. The van der Waals surface area contributed by atoms with Gasteiger partial charge in [0.15, 0.2) is 0 Å². The quantitative estimate of drug-likeness (QED) is 0.754. The van der Waals surface area contributed by atoms with E-state index in [-0.39, 0.29) is 0 Å². The number of anilines is 1. The maximum atomic E-state index is 4.42. The van der Waals surface area contributed by atoms with Crippen LogP contribution < -0.4 is 10.2 Å². The van der Waals surface area contributed by atoms with E-state index in [2.05, 4.69) is 71.6 Å². The minimum atomic E-state index is 0.841. The van der Waals surface area contributed by atoms with Crippen molar-refractivity contribution in [1.82, 2.24) is 10.3 Å². The number of nitrogens with one attached hydrogen (secondary N) is 1. The van der Waals surface area contributed by atoms with Gasteiger partial charge < -0.3 is 10.2 Å². The van der Waals surface area contributed by atoms with Crippen molar-refractivity contribution in [3.63, 3.8) is 0 Å². The fraction of sp³-hybridized carbons (Fsp3) is 0.389. The lowest BCUT2D eigenvalue weighted by Gasteiger charge is -2.20. The van der Waals surface area contributed by atoms with Crippen molar-refractivity contribution < 1.29 is 0 Å². The lowest BCUT2D eigenvalue weighted by atomic mass is 10.1. The molecule has 0 saturated heterocycles. The monoisotopic (exact) mass is 283 g/mol. The highest BCUT2D eigenvalue weighted by Crippen LogP contribution is 2.13. The highest BCUT2D eigenvalue weighted by atomic mass is 15.1. The standard InChI is InChI=1S/C18H25N3/c1-3-11-19-15-17-14-18(9-12-20-17)21(2)13-10-16-7-5-4-6-8-16/h4-9,12,14,19H,3,10-11,13,15H2,1-2H3. The van der Waals surface area contributed by atoms with Crippen LogP contribution in [0.15, 0.2) is 48.7 Å². The third-order valence-corrected chi connectivity index (χ3v) is 3.55. The average Bonchev–Trinajstić information content (AvgIpc) is 2.54. The van der Waals surface area contributed by atoms with E-state index < -0.39 is 0 Å². The fourth-order valence-corrected chi connectivity index (χ4v) is 2.26. The van der Waals surface area contributed by atoms with Gasteiger partial charge in [-0.05, 0) is 37.1 Å². The van der Waals surface area contributed by atoms with E-state index in [1.807, 2.05) is 6.20 Å². The summed E-state index contributed by atoms with van der Waals surface area (Å²) < 4.78 is 0. The summed E-state index contributed by atoms with van der Waals surface area (Å²) in [5.41, 5.74) is 3.71. The zero-order valence-electron chi connectivity index (χ0n) is 13.0. The van der Waals surface area contributed by atoms with Gasteiger partial charge in [-0.15, -0.1) is 0 Å². The van der Waals surface area contributed by atoms with Crippen molar-refractivity contribution in [1.29, 1.82) is 0 Å². The SMILES string of the molecule is CCCNCc1cc(N(C)CCc2ccccc2)ccn1. The Labute approximate surface area is 128 Å². The Kier molecular flexibility index (Phi) is 6.22. The summed E-state index contributed by atoms with van der Waals surface area (Å²) in [7, 11) is 2.14. The Bertz CT molecular complexity index is 525. The lowest BCUT2D eigenvalue weighted by molar-refractivity contribution is 0.664. The van der Waals surface area contributed by atoms with E-state index in [0.29, 0.717) is 0 Å². The first-order valence-corrected chi connectivity index (χ1v) is 7.70. The predicted octanol–water partition coefficient (Wildman–Crippen LogP) is 3.26. The van der Waals surface area contributed by atoms with Gasteiger partial charge >= 0.3 is 0 Å². The summed E-state index contributed by atoms with van der Waals surface area (Å²) in [6.45, 7) is 5.06. The molecule has 21 heavy (non-hydrogen) atoms. The second-order valence-corrected chi connectivity index (χ2v) is 5.34. The van der Waals surface area contributed by atoms with Gasteiger partial charge in [0.25, 0.3) is 0 Å². The van der Waals surface area contributed by atoms with Crippen LogP contribution in [0.1, 0.15) is 24.6 Å². The van der Waals surface area contributed by atoms with Crippen LogP contribution in [-0.2, 0) is 13.0 Å². The van der Waals surface area contributed by atoms with Crippen LogP contribution in [-0.4, -0.2) is 25.1 Å². The summed E-state index contributed by atoms with van der Waals surface area (Å²) in [6, 6.07) is 14.9. The number of rotatable bonds is 8. The molecule has 0 bridgehead atoms. The molecule has 1 N–H and O–H groups in total. The van der Waals surface area contributed by atoms with Gasteiger partial charge in [-0.2, -0.15) is 0 Å². The van der Waals surface area contributed by atoms with Gasteiger partial charge in [-0.1, -0.05) is 37.3 Å². The zero-order chi connectivity index (χ0) is 14.9. The van der Waals surface area contributed by atoms with Crippen LogP contribution in [0, 0.1) is 0 Å². The number of benzene rings is 1. The van der Waals surface area contributed by atoms with E-state index in [9.17, 15) is 0 Å². The van der Waals surface area contributed by atoms with Crippen LogP contribution in [0.3, 0.4) is 0 Å². The largest absolute Gasteiger partial charge is 0.374 e. The number of pyridine rings is 1. The summed E-state index contributed by atoms with van der Waals surface area (Å²) in [5.74, 6) is 0. The molecular weight excluding hydrogens is 258 g/mol. The van der Waals surface area contributed by atoms with Crippen molar-refractivity contribution in [2.75, 3.05) is 25.0 Å². The molecule has 0 unspecified atom stereocenters. The summed E-state index contributed by atoms with van der Waals surface area (Å²) >= 11 is 0. The molecule has 3 heteroatoms. The lowest BCUT2D eigenvalue weighted by Crippen LogP contribution is -2.21. The van der Waals surface area contributed by atoms with E-state index in [1.54, 1.807) is 0 Å². The second-order valence-electron chi connectivity index (χ2n) is 5.34. The Morgan fingerprint density at radius 2 is 1.95 bits per heavy atom. The molecule has 1 aromatic heterocycles. The summed E-state index contributed by atoms with van der Waals surface area (Å²) in [5, 5.41) is 3.39. The molecule has 1 heterocycles. The first-order valence-electron chi connectivity index (χ1n) is 7.70. The Balaban J connectivity index is 1.89. The second kappa shape index (κ2) is 8.42. The molecule has 1 aromatic carbocycles. The molecule has 2 rings (SSSR count). The first kappa shape index (κ1) is 15.5. The molecule has 0 saturated carbocycles. The van der Waals surface area contributed by atoms with Crippen molar-refractivity contribution in [2.45, 2.75) is 26.3 Å². The summed E-state index contributed by atoms with van der Waals surface area (Å²) in [6.07, 6.45) is 4.11. The van der Waals surface area contributed by atoms with Crippen LogP contribution in [0.25, 0.3) is 0 Å². The van der Waals surface area contributed by atoms with Crippen LogP contribution in [0.5, 0.6) is 0 Å². The van der Waals surface area contributed by atoms with Crippen LogP contribution in [0.4, 0.5) is 5.69 Å². The molecule has 0 aliphatic rings. The van der Waals surface area contributed by atoms with Crippen molar-refractivity contribution in [3.8, 4) is 0 Å². The normalized spacial score (nSPS) is 10.6. The Hall–Kier alpha value is -1.87. The fourth-order valence-electron chi connectivity index (χ4n) is 2.26. The maximum Gasteiger partial charge on any atom is 0.0562 e. The molecule has 2 aromatic rings. The van der Waals surface area contributed by atoms with E-state index >= 15 is 0 Å². The topological polar surface area (TPSA) is 28.2 Å². The molecule has 0 radical (unpaired) electrons.